The van der Waals surface area contributed by atoms with Crippen molar-refractivity contribution in [2.45, 2.75) is 54.0 Å². The van der Waals surface area contributed by atoms with Crippen molar-refractivity contribution in [3.8, 4) is 11.4 Å². The van der Waals surface area contributed by atoms with Crippen LogP contribution in [0.2, 0.25) is 0 Å². The van der Waals surface area contributed by atoms with E-state index >= 15 is 0 Å². The molecule has 0 bridgehead atoms. The second kappa shape index (κ2) is 7.16. The monoisotopic (exact) mass is 329 g/mol. The van der Waals surface area contributed by atoms with Crippen molar-refractivity contribution in [3.63, 3.8) is 0 Å². The number of amides is 1. The molecule has 130 valence electrons. The molecule has 0 saturated carbocycles. The summed E-state index contributed by atoms with van der Waals surface area (Å²) in [5.74, 6) is 1.14. The van der Waals surface area contributed by atoms with Crippen LogP contribution in [0.4, 0.5) is 0 Å². The Hall–Kier alpha value is -2.17. The zero-order valence-electron chi connectivity index (χ0n) is 15.4. The van der Waals surface area contributed by atoms with Crippen LogP contribution in [-0.2, 0) is 4.79 Å². The van der Waals surface area contributed by atoms with Crippen LogP contribution >= 0.6 is 0 Å². The highest BCUT2D eigenvalue weighted by atomic mass is 16.5. The van der Waals surface area contributed by atoms with Crippen LogP contribution in [0.1, 0.15) is 58.5 Å². The van der Waals surface area contributed by atoms with Gasteiger partial charge in [0.05, 0.1) is 0 Å². The topological polar surface area (TPSA) is 68.0 Å². The number of hydrogen-bond acceptors (Lipinski definition) is 4. The van der Waals surface area contributed by atoms with Gasteiger partial charge in [0.15, 0.2) is 0 Å². The van der Waals surface area contributed by atoms with Crippen LogP contribution in [-0.4, -0.2) is 16.0 Å². The fourth-order valence-corrected chi connectivity index (χ4v) is 2.48. The minimum Gasteiger partial charge on any atom is -0.344 e. The van der Waals surface area contributed by atoms with Gasteiger partial charge in [-0.1, -0.05) is 63.5 Å². The van der Waals surface area contributed by atoms with E-state index in [-0.39, 0.29) is 23.3 Å². The number of benzene rings is 1. The Bertz CT molecular complexity index is 699. The van der Waals surface area contributed by atoms with Crippen LogP contribution in [0.15, 0.2) is 28.8 Å². The highest BCUT2D eigenvalue weighted by Crippen LogP contribution is 2.25. The second-order valence-electron chi connectivity index (χ2n) is 7.85. The van der Waals surface area contributed by atoms with E-state index in [4.69, 9.17) is 4.52 Å². The average molecular weight is 329 g/mol. The van der Waals surface area contributed by atoms with Crippen LogP contribution < -0.4 is 5.32 Å². The molecular formula is C19H27N3O2. The van der Waals surface area contributed by atoms with Crippen LogP contribution in [0.5, 0.6) is 0 Å². The van der Waals surface area contributed by atoms with E-state index in [2.05, 4.69) is 15.5 Å². The Morgan fingerprint density at radius 2 is 2.00 bits per heavy atom. The van der Waals surface area contributed by atoms with E-state index < -0.39 is 0 Å². The summed E-state index contributed by atoms with van der Waals surface area (Å²) in [7, 11) is 0. The Balaban J connectivity index is 2.19. The largest absolute Gasteiger partial charge is 0.344 e. The van der Waals surface area contributed by atoms with E-state index in [0.29, 0.717) is 18.1 Å². The highest BCUT2D eigenvalue weighted by Gasteiger charge is 2.26. The molecule has 1 N–H and O–H groups in total. The third-order valence-electron chi connectivity index (χ3n) is 3.66. The van der Waals surface area contributed by atoms with Crippen molar-refractivity contribution in [1.29, 1.82) is 0 Å². The smallest absolute Gasteiger partial charge is 0.249 e. The predicted octanol–water partition coefficient (Wildman–Crippen LogP) is 4.29. The molecule has 1 aromatic carbocycles. The Labute approximate surface area is 143 Å². The van der Waals surface area contributed by atoms with Crippen LogP contribution in [0.25, 0.3) is 11.4 Å². The molecule has 5 heteroatoms. The molecule has 24 heavy (non-hydrogen) atoms. The summed E-state index contributed by atoms with van der Waals surface area (Å²) in [5.41, 5.74) is 1.99. The maximum Gasteiger partial charge on any atom is 0.249 e. The molecule has 5 nitrogen and oxygen atoms in total. The summed E-state index contributed by atoms with van der Waals surface area (Å²) >= 11 is 0. The standard InChI is InChI=1S/C19H27N3O2/c1-12(2)16(20-15(23)11-19(4,5)6)18-21-17(22-24-18)14-9-7-8-13(3)10-14/h7-10,12,16H,11H2,1-6H3,(H,20,23)/t16-/m0/s1. The third kappa shape index (κ3) is 4.91. The molecule has 0 aliphatic heterocycles. The lowest BCUT2D eigenvalue weighted by Crippen LogP contribution is -2.34. The Morgan fingerprint density at radius 3 is 2.58 bits per heavy atom. The van der Waals surface area contributed by atoms with E-state index in [1.54, 1.807) is 0 Å². The first-order valence-electron chi connectivity index (χ1n) is 8.36. The molecule has 0 fully saturated rings. The summed E-state index contributed by atoms with van der Waals surface area (Å²) < 4.78 is 5.44. The van der Waals surface area contributed by atoms with Crippen molar-refractivity contribution in [3.05, 3.63) is 35.7 Å². The number of hydrogen-bond donors (Lipinski definition) is 1. The van der Waals surface area contributed by atoms with Crippen LogP contribution in [0, 0.1) is 18.3 Å². The quantitative estimate of drug-likeness (QED) is 0.888. The van der Waals surface area contributed by atoms with Gasteiger partial charge in [-0.15, -0.1) is 0 Å². The van der Waals surface area contributed by atoms with E-state index in [9.17, 15) is 4.79 Å². The minimum atomic E-state index is -0.286. The molecule has 0 aliphatic rings. The number of rotatable bonds is 5. The van der Waals surface area contributed by atoms with E-state index in [1.807, 2.05) is 65.8 Å². The van der Waals surface area contributed by atoms with E-state index in [0.717, 1.165) is 11.1 Å². The summed E-state index contributed by atoms with van der Waals surface area (Å²) in [6, 6.07) is 7.66. The molecule has 1 amide bonds. The summed E-state index contributed by atoms with van der Waals surface area (Å²) in [5, 5.41) is 7.11. The predicted molar refractivity (Wildman–Crippen MR) is 94.3 cm³/mol. The van der Waals surface area contributed by atoms with Crippen molar-refractivity contribution >= 4 is 5.91 Å². The van der Waals surface area contributed by atoms with Crippen molar-refractivity contribution in [2.24, 2.45) is 11.3 Å². The molecule has 2 rings (SSSR count). The maximum atomic E-state index is 12.3. The van der Waals surface area contributed by atoms with Gasteiger partial charge in [-0.3, -0.25) is 4.79 Å². The molecule has 0 spiro atoms. The lowest BCUT2D eigenvalue weighted by molar-refractivity contribution is -0.124. The molecule has 1 aromatic heterocycles. The average Bonchev–Trinajstić information content (AvgIpc) is 2.92. The first-order valence-corrected chi connectivity index (χ1v) is 8.36. The zero-order valence-corrected chi connectivity index (χ0v) is 15.4. The molecule has 1 heterocycles. The maximum absolute atomic E-state index is 12.3. The van der Waals surface area contributed by atoms with Gasteiger partial charge in [0, 0.05) is 12.0 Å². The second-order valence-corrected chi connectivity index (χ2v) is 7.85. The molecule has 0 radical (unpaired) electrons. The Morgan fingerprint density at radius 1 is 1.29 bits per heavy atom. The SMILES string of the molecule is Cc1cccc(-c2noc([C@@H](NC(=O)CC(C)(C)C)C(C)C)n2)c1. The van der Waals surface area contributed by atoms with Gasteiger partial charge < -0.3 is 9.84 Å². The molecule has 0 aliphatic carbocycles. The van der Waals surface area contributed by atoms with Gasteiger partial charge in [0.25, 0.3) is 0 Å². The van der Waals surface area contributed by atoms with Gasteiger partial charge in [-0.2, -0.15) is 4.98 Å². The highest BCUT2D eigenvalue weighted by molar-refractivity contribution is 5.77. The van der Waals surface area contributed by atoms with Gasteiger partial charge in [-0.25, -0.2) is 0 Å². The summed E-state index contributed by atoms with van der Waals surface area (Å²) in [4.78, 5) is 16.8. The number of aromatic nitrogens is 2. The van der Waals surface area contributed by atoms with Crippen molar-refractivity contribution in [1.82, 2.24) is 15.5 Å². The molecule has 2 aromatic rings. The van der Waals surface area contributed by atoms with Crippen molar-refractivity contribution in [2.75, 3.05) is 0 Å². The first-order chi connectivity index (χ1) is 11.2. The molecule has 1 atom stereocenters. The number of carbonyl (C=O) groups is 1. The summed E-state index contributed by atoms with van der Waals surface area (Å²) in [6.45, 7) is 12.2. The van der Waals surface area contributed by atoms with Gasteiger partial charge >= 0.3 is 0 Å². The number of nitrogens with zero attached hydrogens (tertiary/aromatic N) is 2. The number of aryl methyl sites for hydroxylation is 1. The number of nitrogens with one attached hydrogen (secondary N) is 1. The lowest BCUT2D eigenvalue weighted by atomic mass is 9.91. The Kier molecular flexibility index (Phi) is 5.42. The van der Waals surface area contributed by atoms with E-state index in [1.165, 1.54) is 0 Å². The fraction of sp³-hybridized carbons (Fsp3) is 0.526. The van der Waals surface area contributed by atoms with Gasteiger partial charge in [-0.05, 0) is 24.3 Å². The zero-order chi connectivity index (χ0) is 17.9. The van der Waals surface area contributed by atoms with Gasteiger partial charge in [0.1, 0.15) is 6.04 Å². The molecule has 0 saturated heterocycles. The first kappa shape index (κ1) is 18.2. The molecule has 0 unspecified atom stereocenters. The minimum absolute atomic E-state index is 0.00324. The fourth-order valence-electron chi connectivity index (χ4n) is 2.48. The molecular weight excluding hydrogens is 302 g/mol. The van der Waals surface area contributed by atoms with Gasteiger partial charge in [0.2, 0.25) is 17.6 Å². The normalized spacial score (nSPS) is 13.1. The van der Waals surface area contributed by atoms with Crippen molar-refractivity contribution < 1.29 is 9.32 Å². The third-order valence-corrected chi connectivity index (χ3v) is 3.66. The lowest BCUT2D eigenvalue weighted by Gasteiger charge is -2.22. The van der Waals surface area contributed by atoms with Crippen LogP contribution in [0.3, 0.4) is 0 Å². The summed E-state index contributed by atoms with van der Waals surface area (Å²) in [6.07, 6.45) is 0.453. The number of carbonyl (C=O) groups excluding carboxylic acids is 1.